The van der Waals surface area contributed by atoms with Gasteiger partial charge in [0.2, 0.25) is 0 Å². The standard InChI is InChI=1S/C18H22O2/c19-16(20)11-17-7-13-6-14(8-17)10-18(9-13,12-17)15-4-2-1-3-5-15/h1-5,13-14H,6-12H2,(H,19,20)/p-1/t13-,14+,17?,18?. The Hall–Kier alpha value is -1.31. The van der Waals surface area contributed by atoms with Crippen molar-refractivity contribution >= 4 is 5.97 Å². The van der Waals surface area contributed by atoms with Crippen LogP contribution in [0.3, 0.4) is 0 Å². The molecule has 4 fully saturated rings. The van der Waals surface area contributed by atoms with E-state index in [1.807, 2.05) is 0 Å². The molecule has 4 saturated carbocycles. The van der Waals surface area contributed by atoms with Gasteiger partial charge in [0.25, 0.3) is 0 Å². The monoisotopic (exact) mass is 269 g/mol. The predicted octanol–water partition coefficient (Wildman–Crippen LogP) is 2.66. The number of hydrogen-bond acceptors (Lipinski definition) is 2. The second-order valence-corrected chi connectivity index (χ2v) is 7.66. The molecular weight excluding hydrogens is 248 g/mol. The molecule has 0 amide bonds. The minimum absolute atomic E-state index is 0.0265. The summed E-state index contributed by atoms with van der Waals surface area (Å²) >= 11 is 0. The van der Waals surface area contributed by atoms with Gasteiger partial charge in [-0.25, -0.2) is 0 Å². The fourth-order valence-electron chi connectivity index (χ4n) is 6.09. The van der Waals surface area contributed by atoms with Gasteiger partial charge in [-0.05, 0) is 73.2 Å². The van der Waals surface area contributed by atoms with Crippen LogP contribution in [0, 0.1) is 17.3 Å². The average molecular weight is 269 g/mol. The number of carboxylic acid groups (broad SMARTS) is 1. The molecule has 0 saturated heterocycles. The van der Waals surface area contributed by atoms with Gasteiger partial charge < -0.3 is 9.90 Å². The van der Waals surface area contributed by atoms with Crippen molar-refractivity contribution < 1.29 is 9.90 Å². The Morgan fingerprint density at radius 3 is 2.35 bits per heavy atom. The van der Waals surface area contributed by atoms with E-state index in [0.29, 0.717) is 0 Å². The summed E-state index contributed by atoms with van der Waals surface area (Å²) in [6.45, 7) is 0. The summed E-state index contributed by atoms with van der Waals surface area (Å²) in [5.74, 6) is 0.613. The van der Waals surface area contributed by atoms with Crippen LogP contribution in [0.2, 0.25) is 0 Å². The Morgan fingerprint density at radius 1 is 1.10 bits per heavy atom. The van der Waals surface area contributed by atoms with Crippen LogP contribution in [0.25, 0.3) is 0 Å². The van der Waals surface area contributed by atoms with E-state index >= 15 is 0 Å². The lowest BCUT2D eigenvalue weighted by atomic mass is 9.42. The van der Waals surface area contributed by atoms with Crippen molar-refractivity contribution in [2.45, 2.75) is 50.4 Å². The van der Waals surface area contributed by atoms with Crippen LogP contribution >= 0.6 is 0 Å². The van der Waals surface area contributed by atoms with E-state index in [1.54, 1.807) is 0 Å². The minimum Gasteiger partial charge on any atom is -0.550 e. The van der Waals surface area contributed by atoms with Crippen molar-refractivity contribution in [3.05, 3.63) is 35.9 Å². The first-order valence-corrected chi connectivity index (χ1v) is 7.85. The summed E-state index contributed by atoms with van der Waals surface area (Å²) in [5.41, 5.74) is 1.72. The molecule has 2 heteroatoms. The Balaban J connectivity index is 1.74. The maximum Gasteiger partial charge on any atom is 0.0419 e. The molecule has 0 N–H and O–H groups in total. The number of aliphatic carboxylic acids is 1. The molecule has 1 aromatic carbocycles. The van der Waals surface area contributed by atoms with Crippen LogP contribution in [-0.2, 0) is 10.2 Å². The summed E-state index contributed by atoms with van der Waals surface area (Å²) < 4.78 is 0. The SMILES string of the molecule is O=C([O-])CC12C[C@H]3C[C@@H](C1)CC(c1ccccc1)(C3)C2. The zero-order valence-corrected chi connectivity index (χ0v) is 11.8. The van der Waals surface area contributed by atoms with Crippen LogP contribution in [0.4, 0.5) is 0 Å². The van der Waals surface area contributed by atoms with Gasteiger partial charge in [0.05, 0.1) is 0 Å². The van der Waals surface area contributed by atoms with E-state index in [0.717, 1.165) is 31.1 Å². The lowest BCUT2D eigenvalue weighted by molar-refractivity contribution is -0.310. The first-order valence-electron chi connectivity index (χ1n) is 7.85. The first-order chi connectivity index (χ1) is 9.59. The second kappa shape index (κ2) is 4.09. The Bertz CT molecular complexity index is 520. The van der Waals surface area contributed by atoms with Gasteiger partial charge >= 0.3 is 0 Å². The zero-order chi connectivity index (χ0) is 13.8. The summed E-state index contributed by atoms with van der Waals surface area (Å²) in [7, 11) is 0. The fourth-order valence-corrected chi connectivity index (χ4v) is 6.09. The molecule has 0 spiro atoms. The van der Waals surface area contributed by atoms with Crippen molar-refractivity contribution in [3.63, 3.8) is 0 Å². The van der Waals surface area contributed by atoms with Gasteiger partial charge in [-0.2, -0.15) is 0 Å². The van der Waals surface area contributed by atoms with Crippen LogP contribution in [-0.4, -0.2) is 5.97 Å². The van der Waals surface area contributed by atoms with Crippen LogP contribution < -0.4 is 5.11 Å². The normalized spacial score (nSPS) is 41.8. The topological polar surface area (TPSA) is 40.1 Å². The molecule has 2 unspecified atom stereocenters. The Labute approximate surface area is 120 Å². The number of carbonyl (C=O) groups excluding carboxylic acids is 1. The number of rotatable bonds is 3. The van der Waals surface area contributed by atoms with Gasteiger partial charge in [0, 0.05) is 5.97 Å². The lowest BCUT2D eigenvalue weighted by Gasteiger charge is -2.62. The molecule has 0 aliphatic heterocycles. The molecule has 0 radical (unpaired) electrons. The highest BCUT2D eigenvalue weighted by molar-refractivity contribution is 5.65. The van der Waals surface area contributed by atoms with Gasteiger partial charge in [0.15, 0.2) is 0 Å². The quantitative estimate of drug-likeness (QED) is 0.846. The summed E-state index contributed by atoms with van der Waals surface area (Å²) in [6.07, 6.45) is 7.42. The molecular formula is C18H21O2-. The Kier molecular flexibility index (Phi) is 2.55. The maximum absolute atomic E-state index is 11.2. The molecule has 106 valence electrons. The molecule has 4 atom stereocenters. The molecule has 5 rings (SSSR count). The van der Waals surface area contributed by atoms with Gasteiger partial charge in [-0.3, -0.25) is 0 Å². The average Bonchev–Trinajstić information content (AvgIpc) is 2.36. The smallest absolute Gasteiger partial charge is 0.0419 e. The van der Waals surface area contributed by atoms with Crippen molar-refractivity contribution in [1.82, 2.24) is 0 Å². The van der Waals surface area contributed by atoms with E-state index in [9.17, 15) is 9.90 Å². The van der Waals surface area contributed by atoms with E-state index in [1.165, 1.54) is 24.8 Å². The third-order valence-electron chi connectivity index (χ3n) is 6.09. The van der Waals surface area contributed by atoms with E-state index in [-0.39, 0.29) is 17.3 Å². The van der Waals surface area contributed by atoms with E-state index in [2.05, 4.69) is 30.3 Å². The molecule has 2 nitrogen and oxygen atoms in total. The maximum atomic E-state index is 11.2. The van der Waals surface area contributed by atoms with E-state index in [4.69, 9.17) is 0 Å². The Morgan fingerprint density at radius 2 is 1.75 bits per heavy atom. The van der Waals surface area contributed by atoms with Gasteiger partial charge in [-0.15, -0.1) is 0 Å². The molecule has 4 aliphatic carbocycles. The molecule has 4 bridgehead atoms. The molecule has 0 heterocycles. The minimum atomic E-state index is -0.852. The third kappa shape index (κ3) is 1.81. The summed E-state index contributed by atoms with van der Waals surface area (Å²) in [6, 6.07) is 10.8. The predicted molar refractivity (Wildman–Crippen MR) is 74.9 cm³/mol. The van der Waals surface area contributed by atoms with E-state index < -0.39 is 5.97 Å². The van der Waals surface area contributed by atoms with Crippen molar-refractivity contribution in [2.24, 2.45) is 17.3 Å². The van der Waals surface area contributed by atoms with Crippen molar-refractivity contribution in [1.29, 1.82) is 0 Å². The largest absolute Gasteiger partial charge is 0.550 e. The number of hydrogen-bond donors (Lipinski definition) is 0. The van der Waals surface area contributed by atoms with Gasteiger partial charge in [0.1, 0.15) is 0 Å². The van der Waals surface area contributed by atoms with Crippen molar-refractivity contribution in [2.75, 3.05) is 0 Å². The summed E-state index contributed by atoms with van der Waals surface area (Å²) in [4.78, 5) is 11.2. The number of carbonyl (C=O) groups is 1. The van der Waals surface area contributed by atoms with Crippen LogP contribution in [0.1, 0.15) is 50.5 Å². The van der Waals surface area contributed by atoms with Crippen LogP contribution in [0.5, 0.6) is 0 Å². The first kappa shape index (κ1) is 12.4. The third-order valence-corrected chi connectivity index (χ3v) is 6.09. The zero-order valence-electron chi connectivity index (χ0n) is 11.8. The van der Waals surface area contributed by atoms with Crippen molar-refractivity contribution in [3.8, 4) is 0 Å². The van der Waals surface area contributed by atoms with Gasteiger partial charge in [-0.1, -0.05) is 30.3 Å². The lowest BCUT2D eigenvalue weighted by Crippen LogP contribution is -2.55. The number of benzene rings is 1. The molecule has 20 heavy (non-hydrogen) atoms. The highest BCUT2D eigenvalue weighted by Gasteiger charge is 2.57. The second-order valence-electron chi connectivity index (χ2n) is 7.66. The highest BCUT2D eigenvalue weighted by atomic mass is 16.4. The number of carboxylic acids is 1. The molecule has 0 aromatic heterocycles. The molecule has 4 aliphatic rings. The molecule has 1 aromatic rings. The fraction of sp³-hybridized carbons (Fsp3) is 0.611. The highest BCUT2D eigenvalue weighted by Crippen LogP contribution is 2.66. The summed E-state index contributed by atoms with van der Waals surface area (Å²) in [5, 5.41) is 11.2. The van der Waals surface area contributed by atoms with Crippen LogP contribution in [0.15, 0.2) is 30.3 Å².